The second-order valence-electron chi connectivity index (χ2n) is 5.21. The van der Waals surface area contributed by atoms with E-state index in [0.717, 1.165) is 21.3 Å². The normalized spacial score (nSPS) is 10.9. The molecule has 3 nitrogen and oxygen atoms in total. The van der Waals surface area contributed by atoms with Crippen LogP contribution in [0.5, 0.6) is 0 Å². The van der Waals surface area contributed by atoms with Gasteiger partial charge in [0.1, 0.15) is 0 Å². The Morgan fingerprint density at radius 1 is 1.18 bits per heavy atom. The second kappa shape index (κ2) is 6.07. The summed E-state index contributed by atoms with van der Waals surface area (Å²) in [7, 11) is 0. The van der Waals surface area contributed by atoms with E-state index in [1.165, 1.54) is 16.9 Å². The minimum Gasteiger partial charge on any atom is -0.302 e. The standard InChI is InChI=1S/C17H15ClN2OS/c1-10-7-8-11(2)16-15(10)20-17(22-16)19-14(21)9-12-5-3-4-6-13(12)18/h3-8H,9H2,1-2H3,(H,19,20,21). The van der Waals surface area contributed by atoms with Gasteiger partial charge in [-0.2, -0.15) is 0 Å². The van der Waals surface area contributed by atoms with Crippen LogP contribution in [0.4, 0.5) is 5.13 Å². The number of amides is 1. The maximum atomic E-state index is 12.2. The fraction of sp³-hybridized carbons (Fsp3) is 0.176. The maximum absolute atomic E-state index is 12.2. The number of halogens is 1. The average molecular weight is 331 g/mol. The van der Waals surface area contributed by atoms with Gasteiger partial charge in [-0.05, 0) is 36.6 Å². The SMILES string of the molecule is Cc1ccc(C)c2sc(NC(=O)Cc3ccccc3Cl)nc12. The summed E-state index contributed by atoms with van der Waals surface area (Å²) in [6.45, 7) is 4.08. The molecule has 1 heterocycles. The Balaban J connectivity index is 1.81. The van der Waals surface area contributed by atoms with Crippen molar-refractivity contribution in [3.8, 4) is 0 Å². The van der Waals surface area contributed by atoms with Gasteiger partial charge in [0.25, 0.3) is 0 Å². The highest BCUT2D eigenvalue weighted by molar-refractivity contribution is 7.22. The van der Waals surface area contributed by atoms with Crippen LogP contribution in [0, 0.1) is 13.8 Å². The lowest BCUT2D eigenvalue weighted by Gasteiger charge is -2.03. The molecule has 0 aliphatic rings. The van der Waals surface area contributed by atoms with E-state index in [0.29, 0.717) is 10.2 Å². The molecule has 0 unspecified atom stereocenters. The van der Waals surface area contributed by atoms with Crippen molar-refractivity contribution in [2.45, 2.75) is 20.3 Å². The molecule has 1 aromatic heterocycles. The Morgan fingerprint density at radius 2 is 1.91 bits per heavy atom. The van der Waals surface area contributed by atoms with Crippen LogP contribution in [0.1, 0.15) is 16.7 Å². The molecule has 0 aliphatic heterocycles. The fourth-order valence-electron chi connectivity index (χ4n) is 2.29. The molecule has 3 rings (SSSR count). The summed E-state index contributed by atoms with van der Waals surface area (Å²) in [4.78, 5) is 16.7. The van der Waals surface area contributed by atoms with Crippen LogP contribution in [0.15, 0.2) is 36.4 Å². The zero-order chi connectivity index (χ0) is 15.7. The number of benzene rings is 2. The number of aromatic nitrogens is 1. The first-order valence-corrected chi connectivity index (χ1v) is 8.14. The second-order valence-corrected chi connectivity index (χ2v) is 6.62. The molecule has 5 heteroatoms. The number of thiazole rings is 1. The van der Waals surface area contributed by atoms with Crippen molar-refractivity contribution in [3.63, 3.8) is 0 Å². The van der Waals surface area contributed by atoms with E-state index in [-0.39, 0.29) is 12.3 Å². The molecule has 3 aromatic rings. The van der Waals surface area contributed by atoms with Crippen molar-refractivity contribution in [1.82, 2.24) is 4.98 Å². The maximum Gasteiger partial charge on any atom is 0.230 e. The lowest BCUT2D eigenvalue weighted by molar-refractivity contribution is -0.115. The molecule has 0 atom stereocenters. The first kappa shape index (κ1) is 15.0. The third-order valence-corrected chi connectivity index (χ3v) is 4.97. The number of fused-ring (bicyclic) bond motifs is 1. The van der Waals surface area contributed by atoms with E-state index in [1.807, 2.05) is 31.2 Å². The number of aryl methyl sites for hydroxylation is 2. The van der Waals surface area contributed by atoms with E-state index in [1.54, 1.807) is 6.07 Å². The van der Waals surface area contributed by atoms with Crippen molar-refractivity contribution in [3.05, 3.63) is 58.1 Å². The van der Waals surface area contributed by atoms with E-state index in [2.05, 4.69) is 23.3 Å². The van der Waals surface area contributed by atoms with E-state index in [9.17, 15) is 4.79 Å². The van der Waals surface area contributed by atoms with Crippen molar-refractivity contribution in [2.75, 3.05) is 5.32 Å². The summed E-state index contributed by atoms with van der Waals surface area (Å²) >= 11 is 7.59. The van der Waals surface area contributed by atoms with Crippen LogP contribution in [0.2, 0.25) is 5.02 Å². The van der Waals surface area contributed by atoms with Crippen LogP contribution in [-0.4, -0.2) is 10.9 Å². The molecule has 0 aliphatic carbocycles. The molecule has 2 aromatic carbocycles. The predicted molar refractivity (Wildman–Crippen MR) is 92.9 cm³/mol. The number of hydrogen-bond donors (Lipinski definition) is 1. The number of anilines is 1. The molecule has 112 valence electrons. The smallest absolute Gasteiger partial charge is 0.230 e. The van der Waals surface area contributed by atoms with Crippen LogP contribution in [-0.2, 0) is 11.2 Å². The molecule has 0 fully saturated rings. The Bertz CT molecular complexity index is 818. The number of carbonyl (C=O) groups excluding carboxylic acids is 1. The quantitative estimate of drug-likeness (QED) is 0.753. The molecular formula is C17H15ClN2OS. The first-order chi connectivity index (χ1) is 10.5. The van der Waals surface area contributed by atoms with Gasteiger partial charge in [-0.1, -0.05) is 53.3 Å². The first-order valence-electron chi connectivity index (χ1n) is 6.94. The van der Waals surface area contributed by atoms with Gasteiger partial charge in [-0.25, -0.2) is 4.98 Å². The topological polar surface area (TPSA) is 42.0 Å². The van der Waals surface area contributed by atoms with Crippen LogP contribution in [0.3, 0.4) is 0 Å². The highest BCUT2D eigenvalue weighted by Crippen LogP contribution is 2.31. The third-order valence-electron chi connectivity index (χ3n) is 3.50. The molecule has 0 saturated heterocycles. The fourth-order valence-corrected chi connectivity index (χ4v) is 3.52. The monoisotopic (exact) mass is 330 g/mol. The van der Waals surface area contributed by atoms with Gasteiger partial charge < -0.3 is 5.32 Å². The summed E-state index contributed by atoms with van der Waals surface area (Å²) < 4.78 is 1.12. The Hall–Kier alpha value is -1.91. The van der Waals surface area contributed by atoms with Crippen molar-refractivity contribution in [2.24, 2.45) is 0 Å². The van der Waals surface area contributed by atoms with Gasteiger partial charge in [0, 0.05) is 5.02 Å². The summed E-state index contributed by atoms with van der Waals surface area (Å²) in [5.41, 5.74) is 4.06. The Morgan fingerprint density at radius 3 is 2.64 bits per heavy atom. The lowest BCUT2D eigenvalue weighted by atomic mass is 10.1. The van der Waals surface area contributed by atoms with Gasteiger partial charge in [0.15, 0.2) is 5.13 Å². The lowest BCUT2D eigenvalue weighted by Crippen LogP contribution is -2.14. The zero-order valence-corrected chi connectivity index (χ0v) is 13.9. The van der Waals surface area contributed by atoms with Gasteiger partial charge in [0.05, 0.1) is 16.6 Å². The summed E-state index contributed by atoms with van der Waals surface area (Å²) in [5, 5.41) is 4.11. The Kier molecular flexibility index (Phi) is 4.14. The molecule has 22 heavy (non-hydrogen) atoms. The summed E-state index contributed by atoms with van der Waals surface area (Å²) in [6, 6.07) is 11.5. The van der Waals surface area contributed by atoms with Gasteiger partial charge in [-0.3, -0.25) is 4.79 Å². The minimum atomic E-state index is -0.109. The number of hydrogen-bond acceptors (Lipinski definition) is 3. The van der Waals surface area contributed by atoms with Crippen molar-refractivity contribution in [1.29, 1.82) is 0 Å². The van der Waals surface area contributed by atoms with Gasteiger partial charge in [0.2, 0.25) is 5.91 Å². The van der Waals surface area contributed by atoms with E-state index >= 15 is 0 Å². The predicted octanol–water partition coefficient (Wildman–Crippen LogP) is 4.75. The summed E-state index contributed by atoms with van der Waals surface area (Å²) in [5.74, 6) is -0.109. The van der Waals surface area contributed by atoms with Crippen LogP contribution in [0.25, 0.3) is 10.2 Å². The molecule has 0 spiro atoms. The largest absolute Gasteiger partial charge is 0.302 e. The van der Waals surface area contributed by atoms with Crippen LogP contribution < -0.4 is 5.32 Å². The molecule has 0 radical (unpaired) electrons. The van der Waals surface area contributed by atoms with E-state index in [4.69, 9.17) is 11.6 Å². The zero-order valence-electron chi connectivity index (χ0n) is 12.3. The number of nitrogens with zero attached hydrogens (tertiary/aromatic N) is 1. The number of carbonyl (C=O) groups is 1. The van der Waals surface area contributed by atoms with Crippen molar-refractivity contribution >= 4 is 44.2 Å². The molecule has 0 saturated carbocycles. The van der Waals surface area contributed by atoms with Gasteiger partial charge >= 0.3 is 0 Å². The average Bonchev–Trinajstić information content (AvgIpc) is 2.90. The van der Waals surface area contributed by atoms with Gasteiger partial charge in [-0.15, -0.1) is 0 Å². The number of nitrogens with one attached hydrogen (secondary N) is 1. The number of rotatable bonds is 3. The highest BCUT2D eigenvalue weighted by atomic mass is 35.5. The van der Waals surface area contributed by atoms with E-state index < -0.39 is 0 Å². The van der Waals surface area contributed by atoms with Crippen molar-refractivity contribution < 1.29 is 4.79 Å². The molecular weight excluding hydrogens is 316 g/mol. The Labute approximate surface area is 138 Å². The molecule has 1 N–H and O–H groups in total. The minimum absolute atomic E-state index is 0.109. The highest BCUT2D eigenvalue weighted by Gasteiger charge is 2.12. The third kappa shape index (κ3) is 2.98. The van der Waals surface area contributed by atoms with Crippen LogP contribution >= 0.6 is 22.9 Å². The molecule has 0 bridgehead atoms. The molecule has 1 amide bonds. The summed E-state index contributed by atoms with van der Waals surface area (Å²) in [6.07, 6.45) is 0.244.